The molecule has 0 atom stereocenters. The minimum Gasteiger partial charge on any atom is -0.502 e. The first-order valence-corrected chi connectivity index (χ1v) is 8.71. The summed E-state index contributed by atoms with van der Waals surface area (Å²) < 4.78 is 10.7. The van der Waals surface area contributed by atoms with Crippen LogP contribution in [0, 0.1) is 10.1 Å². The summed E-state index contributed by atoms with van der Waals surface area (Å²) in [6.07, 6.45) is 1.99. The Labute approximate surface area is 160 Å². The number of unbranched alkanes of at least 4 members (excludes halogenated alkanes) is 1. The van der Waals surface area contributed by atoms with E-state index >= 15 is 0 Å². The molecule has 1 N–H and O–H groups in total. The van der Waals surface area contributed by atoms with Gasteiger partial charge in [-0.2, -0.15) is 0 Å². The van der Waals surface area contributed by atoms with Crippen LogP contribution >= 0.6 is 0 Å². The Morgan fingerprint density at radius 1 is 1.21 bits per heavy atom. The van der Waals surface area contributed by atoms with Gasteiger partial charge in [0.15, 0.2) is 0 Å². The lowest BCUT2D eigenvalue weighted by molar-refractivity contribution is -0.385. The second-order valence-electron chi connectivity index (χ2n) is 6.02. The van der Waals surface area contributed by atoms with Crippen molar-refractivity contribution in [2.45, 2.75) is 19.8 Å². The summed E-state index contributed by atoms with van der Waals surface area (Å²) >= 11 is 0. The van der Waals surface area contributed by atoms with E-state index in [9.17, 15) is 20.0 Å². The standard InChI is InChI=1S/C20H18N2O6/c1-2-3-11-27-14-9-7-13(8-10-14)16-12-18(23)28-20(21-16)15-5-4-6-17(19(15)24)22(25)26/h4-10,12,24H,2-3,11H2,1H3. The van der Waals surface area contributed by atoms with Gasteiger partial charge >= 0.3 is 11.3 Å². The van der Waals surface area contributed by atoms with E-state index in [4.69, 9.17) is 9.15 Å². The first-order valence-electron chi connectivity index (χ1n) is 8.71. The molecule has 28 heavy (non-hydrogen) atoms. The molecular weight excluding hydrogens is 364 g/mol. The van der Waals surface area contributed by atoms with Gasteiger partial charge in [-0.3, -0.25) is 10.1 Å². The van der Waals surface area contributed by atoms with Gasteiger partial charge in [-0.05, 0) is 36.8 Å². The van der Waals surface area contributed by atoms with Crippen molar-refractivity contribution in [3.8, 4) is 34.2 Å². The predicted molar refractivity (Wildman–Crippen MR) is 102 cm³/mol. The Balaban J connectivity index is 1.96. The van der Waals surface area contributed by atoms with Gasteiger partial charge in [-0.15, -0.1) is 0 Å². The molecule has 0 aliphatic heterocycles. The monoisotopic (exact) mass is 382 g/mol. The van der Waals surface area contributed by atoms with Crippen molar-refractivity contribution in [2.75, 3.05) is 6.61 Å². The van der Waals surface area contributed by atoms with E-state index in [1.807, 2.05) is 0 Å². The molecule has 0 aliphatic rings. The second-order valence-corrected chi connectivity index (χ2v) is 6.02. The highest BCUT2D eigenvalue weighted by Gasteiger charge is 2.20. The molecule has 0 saturated carbocycles. The zero-order valence-corrected chi connectivity index (χ0v) is 15.1. The average molecular weight is 382 g/mol. The van der Waals surface area contributed by atoms with Crippen molar-refractivity contribution < 1.29 is 19.2 Å². The lowest BCUT2D eigenvalue weighted by Crippen LogP contribution is -2.02. The number of phenolic OH excluding ortho intramolecular Hbond substituents is 1. The van der Waals surface area contributed by atoms with E-state index < -0.39 is 22.0 Å². The molecule has 0 spiro atoms. The molecular formula is C20H18N2O6. The summed E-state index contributed by atoms with van der Waals surface area (Å²) in [6, 6.07) is 12.2. The Morgan fingerprint density at radius 2 is 1.96 bits per heavy atom. The third kappa shape index (κ3) is 4.17. The molecule has 0 unspecified atom stereocenters. The zero-order chi connectivity index (χ0) is 20.1. The first kappa shape index (κ1) is 19.1. The summed E-state index contributed by atoms with van der Waals surface area (Å²) in [6.45, 7) is 2.70. The number of phenols is 1. The van der Waals surface area contributed by atoms with Crippen molar-refractivity contribution >= 4 is 5.69 Å². The van der Waals surface area contributed by atoms with Gasteiger partial charge < -0.3 is 14.3 Å². The molecule has 0 radical (unpaired) electrons. The van der Waals surface area contributed by atoms with E-state index in [1.165, 1.54) is 18.2 Å². The van der Waals surface area contributed by atoms with Crippen LogP contribution in [0.25, 0.3) is 22.7 Å². The average Bonchev–Trinajstić information content (AvgIpc) is 2.68. The molecule has 0 aliphatic carbocycles. The summed E-state index contributed by atoms with van der Waals surface area (Å²) in [7, 11) is 0. The molecule has 0 amide bonds. The second kappa shape index (κ2) is 8.34. The predicted octanol–water partition coefficient (Wildman–Crippen LogP) is 4.16. The number of rotatable bonds is 7. The number of hydrogen-bond donors (Lipinski definition) is 1. The fraction of sp³-hybridized carbons (Fsp3) is 0.200. The molecule has 8 nitrogen and oxygen atoms in total. The number of nitro groups is 1. The van der Waals surface area contributed by atoms with Crippen LogP contribution in [-0.2, 0) is 0 Å². The topological polar surface area (TPSA) is 116 Å². The summed E-state index contributed by atoms with van der Waals surface area (Å²) in [5.74, 6) is -0.108. The number of aromatic nitrogens is 1. The van der Waals surface area contributed by atoms with Crippen molar-refractivity contribution in [2.24, 2.45) is 0 Å². The van der Waals surface area contributed by atoms with Gasteiger partial charge in [0.1, 0.15) is 5.75 Å². The SMILES string of the molecule is CCCCOc1ccc(-c2cc(=O)oc(-c3cccc([N+](=O)[O-])c3O)n2)cc1. The van der Waals surface area contributed by atoms with Crippen molar-refractivity contribution in [3.63, 3.8) is 0 Å². The maximum atomic E-state index is 12.0. The third-order valence-electron chi connectivity index (χ3n) is 4.03. The normalized spacial score (nSPS) is 10.6. The van der Waals surface area contributed by atoms with Crippen LogP contribution in [0.1, 0.15) is 19.8 Å². The Bertz CT molecular complexity index is 1040. The van der Waals surface area contributed by atoms with E-state index in [0.29, 0.717) is 23.6 Å². The number of nitrogens with zero attached hydrogens (tertiary/aromatic N) is 2. The van der Waals surface area contributed by atoms with E-state index in [0.717, 1.165) is 18.9 Å². The molecule has 0 saturated heterocycles. The molecule has 144 valence electrons. The molecule has 0 fully saturated rings. The molecule has 3 aromatic rings. The Kier molecular flexibility index (Phi) is 5.69. The largest absolute Gasteiger partial charge is 0.502 e. The van der Waals surface area contributed by atoms with Crippen LogP contribution < -0.4 is 10.4 Å². The van der Waals surface area contributed by atoms with Crippen LogP contribution in [0.3, 0.4) is 0 Å². The van der Waals surface area contributed by atoms with Crippen LogP contribution in [0.15, 0.2) is 57.7 Å². The first-order chi connectivity index (χ1) is 13.5. The molecule has 2 aromatic carbocycles. The van der Waals surface area contributed by atoms with E-state index in [2.05, 4.69) is 11.9 Å². The number of aromatic hydroxyl groups is 1. The molecule has 8 heteroatoms. The van der Waals surface area contributed by atoms with Crippen LogP contribution in [0.5, 0.6) is 11.5 Å². The molecule has 0 bridgehead atoms. The third-order valence-corrected chi connectivity index (χ3v) is 4.03. The number of ether oxygens (including phenoxy) is 1. The van der Waals surface area contributed by atoms with Crippen LogP contribution in [0.4, 0.5) is 5.69 Å². The van der Waals surface area contributed by atoms with Crippen molar-refractivity contribution in [1.82, 2.24) is 4.98 Å². The summed E-state index contributed by atoms with van der Waals surface area (Å²) in [5.41, 5.74) is -0.262. The number of hydrogen-bond acceptors (Lipinski definition) is 7. The maximum Gasteiger partial charge on any atom is 0.339 e. The van der Waals surface area contributed by atoms with Gasteiger partial charge in [0.25, 0.3) is 0 Å². The summed E-state index contributed by atoms with van der Waals surface area (Å²) in [4.78, 5) is 26.5. The Morgan fingerprint density at radius 3 is 2.64 bits per heavy atom. The lowest BCUT2D eigenvalue weighted by Gasteiger charge is -2.07. The smallest absolute Gasteiger partial charge is 0.339 e. The minimum atomic E-state index is -0.724. The van der Waals surface area contributed by atoms with Gasteiger partial charge in [-0.1, -0.05) is 19.4 Å². The highest BCUT2D eigenvalue weighted by Crippen LogP contribution is 2.36. The fourth-order valence-electron chi connectivity index (χ4n) is 2.57. The molecule has 1 heterocycles. The quantitative estimate of drug-likeness (QED) is 0.370. The van der Waals surface area contributed by atoms with Crippen molar-refractivity contribution in [3.05, 3.63) is 69.1 Å². The van der Waals surface area contributed by atoms with Gasteiger partial charge in [0.05, 0.1) is 28.9 Å². The number of nitro benzene ring substituents is 1. The molecule has 1 aromatic heterocycles. The van der Waals surface area contributed by atoms with Gasteiger partial charge in [0.2, 0.25) is 11.6 Å². The lowest BCUT2D eigenvalue weighted by atomic mass is 10.1. The van der Waals surface area contributed by atoms with Crippen molar-refractivity contribution in [1.29, 1.82) is 0 Å². The maximum absolute atomic E-state index is 12.0. The zero-order valence-electron chi connectivity index (χ0n) is 15.1. The van der Waals surface area contributed by atoms with E-state index in [1.54, 1.807) is 24.3 Å². The van der Waals surface area contributed by atoms with Gasteiger partial charge in [0, 0.05) is 11.6 Å². The number of benzene rings is 2. The summed E-state index contributed by atoms with van der Waals surface area (Å²) in [5, 5.41) is 21.2. The van der Waals surface area contributed by atoms with Crippen LogP contribution in [-0.4, -0.2) is 21.6 Å². The minimum absolute atomic E-state index is 0.0346. The fourth-order valence-corrected chi connectivity index (χ4v) is 2.57. The van der Waals surface area contributed by atoms with Gasteiger partial charge in [-0.25, -0.2) is 9.78 Å². The number of para-hydroxylation sites is 1. The highest BCUT2D eigenvalue weighted by atomic mass is 16.6. The Hall–Kier alpha value is -3.68. The van der Waals surface area contributed by atoms with Crippen LogP contribution in [0.2, 0.25) is 0 Å². The highest BCUT2D eigenvalue weighted by molar-refractivity contribution is 5.71. The van der Waals surface area contributed by atoms with E-state index in [-0.39, 0.29) is 11.5 Å². The molecule has 3 rings (SSSR count).